The molecule has 0 radical (unpaired) electrons. The van der Waals surface area contributed by atoms with Crippen LogP contribution in [0, 0.1) is 5.92 Å². The molecule has 1 aliphatic carbocycles. The fraction of sp³-hybridized carbons (Fsp3) is 0.455. The monoisotopic (exact) mass is 514 g/mol. The van der Waals surface area contributed by atoms with Crippen molar-refractivity contribution in [1.29, 1.82) is 0 Å². The number of phenolic OH excluding ortho intramolecular Hbond substituents is 1. The third-order valence-corrected chi connectivity index (χ3v) is 9.54. The van der Waals surface area contributed by atoms with E-state index in [1.165, 1.54) is 81.5 Å². The Morgan fingerprint density at radius 2 is 1.68 bits per heavy atom. The van der Waals surface area contributed by atoms with Crippen molar-refractivity contribution in [2.24, 2.45) is 5.92 Å². The van der Waals surface area contributed by atoms with Gasteiger partial charge in [-0.2, -0.15) is 0 Å². The van der Waals surface area contributed by atoms with Crippen molar-refractivity contribution in [1.82, 2.24) is 9.21 Å². The Morgan fingerprint density at radius 1 is 0.946 bits per heavy atom. The molecule has 3 aromatic carbocycles. The quantitative estimate of drug-likeness (QED) is 0.271. The molecule has 0 amide bonds. The maximum atomic E-state index is 9.64. The lowest BCUT2D eigenvalue weighted by Crippen LogP contribution is -2.41. The van der Waals surface area contributed by atoms with Crippen LogP contribution in [0.5, 0.6) is 5.75 Å². The third-order valence-electron chi connectivity index (χ3n) is 8.62. The highest BCUT2D eigenvalue weighted by atomic mass is 32.2. The highest BCUT2D eigenvalue weighted by Crippen LogP contribution is 2.44. The van der Waals surface area contributed by atoms with Crippen LogP contribution in [0.1, 0.15) is 55.2 Å². The number of aromatic hydroxyl groups is 1. The number of phenols is 1. The molecular weight excluding hydrogens is 472 g/mol. The van der Waals surface area contributed by atoms with Crippen LogP contribution in [0.3, 0.4) is 0 Å². The molecular formula is C33H42N2OS. The maximum Gasteiger partial charge on any atom is 0.115 e. The molecule has 1 aliphatic heterocycles. The molecule has 1 unspecified atom stereocenters. The molecule has 1 fully saturated rings. The molecule has 196 valence electrons. The zero-order chi connectivity index (χ0) is 25.5. The second kappa shape index (κ2) is 12.5. The number of hydrogen-bond donors (Lipinski definition) is 1. The van der Waals surface area contributed by atoms with E-state index >= 15 is 0 Å². The summed E-state index contributed by atoms with van der Waals surface area (Å²) < 4.78 is 2.41. The van der Waals surface area contributed by atoms with Gasteiger partial charge in [-0.15, -0.1) is 0 Å². The second-order valence-electron chi connectivity index (χ2n) is 11.2. The molecule has 1 saturated heterocycles. The van der Waals surface area contributed by atoms with E-state index in [9.17, 15) is 5.11 Å². The van der Waals surface area contributed by atoms with Gasteiger partial charge in [-0.3, -0.25) is 0 Å². The zero-order valence-corrected chi connectivity index (χ0v) is 23.1. The van der Waals surface area contributed by atoms with Crippen LogP contribution in [-0.4, -0.2) is 47.5 Å². The Kier molecular flexibility index (Phi) is 8.91. The average Bonchev–Trinajstić information content (AvgIpc) is 3.28. The van der Waals surface area contributed by atoms with Gasteiger partial charge in [0.25, 0.3) is 0 Å². The summed E-state index contributed by atoms with van der Waals surface area (Å²) in [5.41, 5.74) is 4.81. The third kappa shape index (κ3) is 6.98. The minimum absolute atomic E-state index is 0.210. The summed E-state index contributed by atoms with van der Waals surface area (Å²) in [5, 5.41) is 9.64. The maximum absolute atomic E-state index is 9.64. The lowest BCUT2D eigenvalue weighted by molar-refractivity contribution is 0.158. The number of nitrogens with zero attached hydrogens (tertiary/aromatic N) is 2. The number of likely N-dealkylation sites (tertiary alicyclic amines) is 1. The summed E-state index contributed by atoms with van der Waals surface area (Å²) in [6, 6.07) is 27.7. The topological polar surface area (TPSA) is 26.7 Å². The van der Waals surface area contributed by atoms with Gasteiger partial charge in [0, 0.05) is 16.9 Å². The van der Waals surface area contributed by atoms with Gasteiger partial charge in [0.05, 0.1) is 0 Å². The van der Waals surface area contributed by atoms with E-state index in [-0.39, 0.29) is 5.41 Å². The molecule has 1 atom stereocenters. The smallest absolute Gasteiger partial charge is 0.115 e. The van der Waals surface area contributed by atoms with E-state index in [4.69, 9.17) is 0 Å². The van der Waals surface area contributed by atoms with Gasteiger partial charge in [-0.1, -0.05) is 61.0 Å². The van der Waals surface area contributed by atoms with Gasteiger partial charge >= 0.3 is 0 Å². The fourth-order valence-electron chi connectivity index (χ4n) is 6.52. The summed E-state index contributed by atoms with van der Waals surface area (Å²) in [6.45, 7) is 4.76. The van der Waals surface area contributed by atoms with Crippen molar-refractivity contribution in [2.75, 3.05) is 33.2 Å². The number of rotatable bonds is 11. The normalized spacial score (nSPS) is 20.4. The molecule has 0 bridgehead atoms. The molecule has 37 heavy (non-hydrogen) atoms. The molecule has 0 spiro atoms. The molecule has 4 heteroatoms. The first-order valence-electron chi connectivity index (χ1n) is 14.1. The van der Waals surface area contributed by atoms with Crippen LogP contribution in [0.4, 0.5) is 0 Å². The van der Waals surface area contributed by atoms with E-state index in [2.05, 4.69) is 70.9 Å². The van der Waals surface area contributed by atoms with Gasteiger partial charge in [0.2, 0.25) is 0 Å². The number of piperidine rings is 1. The molecule has 1 heterocycles. The Hall–Kier alpha value is -2.27. The molecule has 0 saturated carbocycles. The van der Waals surface area contributed by atoms with Gasteiger partial charge in [-0.05, 0) is 130 Å². The molecule has 1 N–H and O–H groups in total. The number of benzene rings is 3. The van der Waals surface area contributed by atoms with E-state index in [1.807, 2.05) is 12.1 Å². The first kappa shape index (κ1) is 26.3. The Morgan fingerprint density at radius 3 is 2.46 bits per heavy atom. The minimum atomic E-state index is 0.210. The summed E-state index contributed by atoms with van der Waals surface area (Å²) in [7, 11) is 2.22. The fourth-order valence-corrected chi connectivity index (χ4v) is 7.45. The van der Waals surface area contributed by atoms with Crippen molar-refractivity contribution < 1.29 is 5.11 Å². The average molecular weight is 515 g/mol. The molecule has 3 aromatic rings. The van der Waals surface area contributed by atoms with E-state index < -0.39 is 0 Å². The first-order valence-corrected chi connectivity index (χ1v) is 14.9. The van der Waals surface area contributed by atoms with Crippen molar-refractivity contribution in [2.45, 2.75) is 61.7 Å². The lowest BCUT2D eigenvalue weighted by Gasteiger charge is -2.38. The van der Waals surface area contributed by atoms with Crippen LogP contribution in [0.25, 0.3) is 0 Å². The molecule has 5 rings (SSSR count). The van der Waals surface area contributed by atoms with Crippen LogP contribution in [-0.2, 0) is 18.3 Å². The van der Waals surface area contributed by atoms with E-state index in [0.29, 0.717) is 5.75 Å². The largest absolute Gasteiger partial charge is 0.508 e. The SMILES string of the molecule is CN(CC1(CCN2CCC(CCCc3ccccc3)CC2)CCc2ccccc21)Sc1ccc(O)cc1. The van der Waals surface area contributed by atoms with Crippen LogP contribution >= 0.6 is 11.9 Å². The van der Waals surface area contributed by atoms with Crippen LogP contribution < -0.4 is 0 Å². The highest BCUT2D eigenvalue weighted by molar-refractivity contribution is 7.97. The lowest BCUT2D eigenvalue weighted by atomic mass is 9.78. The van der Waals surface area contributed by atoms with Gasteiger partial charge in [0.1, 0.15) is 5.75 Å². The predicted molar refractivity (Wildman–Crippen MR) is 156 cm³/mol. The Balaban J connectivity index is 1.14. The van der Waals surface area contributed by atoms with E-state index in [0.717, 1.165) is 12.5 Å². The van der Waals surface area contributed by atoms with Crippen molar-refractivity contribution in [3.05, 3.63) is 95.6 Å². The van der Waals surface area contributed by atoms with Crippen molar-refractivity contribution in [3.63, 3.8) is 0 Å². The van der Waals surface area contributed by atoms with Crippen LogP contribution in [0.2, 0.25) is 0 Å². The summed E-state index contributed by atoms with van der Waals surface area (Å²) in [6.07, 6.45) is 10.3. The second-order valence-corrected chi connectivity index (χ2v) is 12.5. The predicted octanol–water partition coefficient (Wildman–Crippen LogP) is 7.34. The van der Waals surface area contributed by atoms with E-state index in [1.54, 1.807) is 35.2 Å². The zero-order valence-electron chi connectivity index (χ0n) is 22.3. The Bertz CT molecular complexity index is 1110. The molecule has 3 nitrogen and oxygen atoms in total. The van der Waals surface area contributed by atoms with Gasteiger partial charge in [0.15, 0.2) is 0 Å². The van der Waals surface area contributed by atoms with Gasteiger partial charge < -0.3 is 10.0 Å². The number of aryl methyl sites for hydroxylation is 2. The first-order chi connectivity index (χ1) is 18.1. The van der Waals surface area contributed by atoms with Crippen molar-refractivity contribution in [3.8, 4) is 5.75 Å². The number of hydrogen-bond acceptors (Lipinski definition) is 4. The number of likely N-dealkylation sites (N-methyl/N-ethyl adjacent to an activating group) is 1. The van der Waals surface area contributed by atoms with Crippen LogP contribution in [0.15, 0.2) is 83.8 Å². The highest BCUT2D eigenvalue weighted by Gasteiger charge is 2.39. The molecule has 2 aliphatic rings. The Labute approximate surface area is 228 Å². The molecule has 0 aromatic heterocycles. The van der Waals surface area contributed by atoms with Crippen molar-refractivity contribution >= 4 is 11.9 Å². The minimum Gasteiger partial charge on any atom is -0.508 e. The van der Waals surface area contributed by atoms with Gasteiger partial charge in [-0.25, -0.2) is 4.31 Å². The summed E-state index contributed by atoms with van der Waals surface area (Å²) in [5.74, 6) is 1.22. The summed E-state index contributed by atoms with van der Waals surface area (Å²) in [4.78, 5) is 3.92. The number of fused-ring (bicyclic) bond motifs is 1. The summed E-state index contributed by atoms with van der Waals surface area (Å²) >= 11 is 1.79. The standard InChI is InChI=1S/C33H42N2OS/c1-34(37-31-16-14-30(36)15-17-31)26-33(21-18-29-12-5-6-13-32(29)33)22-25-35-23-19-28(20-24-35)11-7-10-27-8-3-2-4-9-27/h2-6,8-9,12-17,28,36H,7,10-11,18-26H2,1H3.